The molecule has 0 unspecified atom stereocenters. The molecule has 3 nitrogen and oxygen atoms in total. The van der Waals surface area contributed by atoms with Gasteiger partial charge in [0.25, 0.3) is 5.91 Å². The molecule has 0 atom stereocenters. The zero-order valence-corrected chi connectivity index (χ0v) is 11.5. The summed E-state index contributed by atoms with van der Waals surface area (Å²) in [5.41, 5.74) is 4.15. The van der Waals surface area contributed by atoms with Crippen LogP contribution in [0, 0.1) is 19.8 Å². The van der Waals surface area contributed by atoms with Gasteiger partial charge in [-0.2, -0.15) is 5.10 Å². The van der Waals surface area contributed by atoms with Gasteiger partial charge in [0, 0.05) is 5.71 Å². The summed E-state index contributed by atoms with van der Waals surface area (Å²) in [6, 6.07) is 6.11. The Kier molecular flexibility index (Phi) is 3.50. The summed E-state index contributed by atoms with van der Waals surface area (Å²) in [7, 11) is 0. The van der Waals surface area contributed by atoms with Crippen molar-refractivity contribution in [1.29, 1.82) is 0 Å². The smallest absolute Gasteiger partial charge is 0.253 e. The number of benzene rings is 1. The molecule has 1 amide bonds. The minimum Gasteiger partial charge on any atom is -0.272 e. The second-order valence-corrected chi connectivity index (χ2v) is 5.44. The zero-order valence-electron chi connectivity index (χ0n) is 11.5. The van der Waals surface area contributed by atoms with E-state index in [2.05, 4.69) is 25.0 Å². The van der Waals surface area contributed by atoms with Gasteiger partial charge >= 0.3 is 0 Å². The second kappa shape index (κ2) is 4.92. The van der Waals surface area contributed by atoms with Crippen LogP contribution in [0.15, 0.2) is 23.3 Å². The van der Waals surface area contributed by atoms with Gasteiger partial charge in [-0.15, -0.1) is 0 Å². The van der Waals surface area contributed by atoms with Crippen molar-refractivity contribution >= 4 is 17.3 Å². The molecule has 1 aromatic rings. The summed E-state index contributed by atoms with van der Waals surface area (Å²) >= 11 is 0. The molecule has 96 valence electrons. The molecule has 0 saturated heterocycles. The fourth-order valence-electron chi connectivity index (χ4n) is 2.20. The Bertz CT molecular complexity index is 503. The van der Waals surface area contributed by atoms with E-state index in [1.54, 1.807) is 5.01 Å². The van der Waals surface area contributed by atoms with E-state index in [1.807, 2.05) is 26.0 Å². The highest BCUT2D eigenvalue weighted by molar-refractivity contribution is 6.13. The Hall–Kier alpha value is -1.64. The van der Waals surface area contributed by atoms with E-state index in [1.165, 1.54) is 0 Å². The van der Waals surface area contributed by atoms with Gasteiger partial charge in [-0.05, 0) is 43.4 Å². The molecule has 2 rings (SSSR count). The van der Waals surface area contributed by atoms with Crippen molar-refractivity contribution < 1.29 is 4.79 Å². The summed E-state index contributed by atoms with van der Waals surface area (Å²) in [6.07, 6.45) is 1.36. The van der Waals surface area contributed by atoms with Crippen molar-refractivity contribution in [3.05, 3.63) is 29.3 Å². The second-order valence-electron chi connectivity index (χ2n) is 5.44. The monoisotopic (exact) mass is 244 g/mol. The lowest BCUT2D eigenvalue weighted by Gasteiger charge is -2.15. The number of carbonyl (C=O) groups is 1. The topological polar surface area (TPSA) is 32.7 Å². The van der Waals surface area contributed by atoms with Gasteiger partial charge in [-0.3, -0.25) is 4.79 Å². The third-order valence-electron chi connectivity index (χ3n) is 3.07. The van der Waals surface area contributed by atoms with Crippen LogP contribution in [0.25, 0.3) is 0 Å². The molecule has 1 aliphatic heterocycles. The Morgan fingerprint density at radius 3 is 2.72 bits per heavy atom. The summed E-state index contributed by atoms with van der Waals surface area (Å²) in [5.74, 6) is 0.620. The molecule has 0 saturated carbocycles. The quantitative estimate of drug-likeness (QED) is 0.801. The van der Waals surface area contributed by atoms with Gasteiger partial charge in [0.1, 0.15) is 0 Å². The predicted molar refractivity (Wildman–Crippen MR) is 74.9 cm³/mol. The lowest BCUT2D eigenvalue weighted by molar-refractivity contribution is -0.116. The standard InChI is InChI=1S/C15H20N2O/c1-10(2)7-13-9-15(18)17(16-13)14-8-11(3)5-6-12(14)4/h5-6,8,10H,7,9H2,1-4H3. The van der Waals surface area contributed by atoms with E-state index in [9.17, 15) is 4.79 Å². The molecule has 0 aromatic heterocycles. The number of carbonyl (C=O) groups excluding carboxylic acids is 1. The Morgan fingerprint density at radius 2 is 2.06 bits per heavy atom. The van der Waals surface area contributed by atoms with Crippen molar-refractivity contribution in [2.24, 2.45) is 11.0 Å². The summed E-state index contributed by atoms with van der Waals surface area (Å²) < 4.78 is 0. The maximum Gasteiger partial charge on any atom is 0.253 e. The van der Waals surface area contributed by atoms with Gasteiger partial charge in [0.05, 0.1) is 12.1 Å². The molecule has 0 radical (unpaired) electrons. The first-order valence-corrected chi connectivity index (χ1v) is 6.44. The number of anilines is 1. The lowest BCUT2D eigenvalue weighted by Crippen LogP contribution is -2.20. The van der Waals surface area contributed by atoms with Crippen LogP contribution >= 0.6 is 0 Å². The van der Waals surface area contributed by atoms with Gasteiger partial charge in [-0.1, -0.05) is 26.0 Å². The normalized spacial score (nSPS) is 15.5. The van der Waals surface area contributed by atoms with E-state index in [0.29, 0.717) is 12.3 Å². The molecule has 0 fully saturated rings. The molecule has 18 heavy (non-hydrogen) atoms. The van der Waals surface area contributed by atoms with Crippen LogP contribution in [-0.4, -0.2) is 11.6 Å². The lowest BCUT2D eigenvalue weighted by atomic mass is 10.1. The first-order valence-electron chi connectivity index (χ1n) is 6.44. The summed E-state index contributed by atoms with van der Waals surface area (Å²) in [6.45, 7) is 8.33. The first kappa shape index (κ1) is 12.8. The Balaban J connectivity index is 2.30. The van der Waals surface area contributed by atoms with E-state index in [0.717, 1.165) is 28.9 Å². The molecule has 1 heterocycles. The summed E-state index contributed by atoms with van der Waals surface area (Å²) in [4.78, 5) is 12.0. The number of nitrogens with zero attached hydrogens (tertiary/aromatic N) is 2. The minimum absolute atomic E-state index is 0.0827. The molecular formula is C15H20N2O. The van der Waals surface area contributed by atoms with Crippen molar-refractivity contribution in [2.45, 2.75) is 40.5 Å². The molecule has 0 spiro atoms. The van der Waals surface area contributed by atoms with Gasteiger partial charge in [-0.25, -0.2) is 5.01 Å². The molecule has 1 aliphatic rings. The van der Waals surface area contributed by atoms with Crippen molar-refractivity contribution in [1.82, 2.24) is 0 Å². The third kappa shape index (κ3) is 2.61. The molecule has 0 bridgehead atoms. The largest absolute Gasteiger partial charge is 0.272 e. The minimum atomic E-state index is 0.0827. The maximum absolute atomic E-state index is 12.0. The van der Waals surface area contributed by atoms with Gasteiger partial charge in [0.15, 0.2) is 0 Å². The number of aryl methyl sites for hydroxylation is 2. The van der Waals surface area contributed by atoms with Gasteiger partial charge < -0.3 is 0 Å². The van der Waals surface area contributed by atoms with E-state index < -0.39 is 0 Å². The van der Waals surface area contributed by atoms with Crippen LogP contribution in [0.3, 0.4) is 0 Å². The predicted octanol–water partition coefficient (Wildman–Crippen LogP) is 3.44. The SMILES string of the molecule is Cc1ccc(C)c(N2N=C(CC(C)C)CC2=O)c1. The molecule has 0 N–H and O–H groups in total. The van der Waals surface area contributed by atoms with Crippen LogP contribution in [0.5, 0.6) is 0 Å². The molecule has 0 aliphatic carbocycles. The highest BCUT2D eigenvalue weighted by atomic mass is 16.2. The summed E-state index contributed by atoms with van der Waals surface area (Å²) in [5, 5.41) is 6.05. The Labute approximate surface area is 108 Å². The van der Waals surface area contributed by atoms with E-state index in [-0.39, 0.29) is 5.91 Å². The van der Waals surface area contributed by atoms with Crippen molar-refractivity contribution in [3.63, 3.8) is 0 Å². The van der Waals surface area contributed by atoms with E-state index >= 15 is 0 Å². The van der Waals surface area contributed by atoms with Crippen LogP contribution in [0.4, 0.5) is 5.69 Å². The third-order valence-corrected chi connectivity index (χ3v) is 3.07. The molecule has 1 aromatic carbocycles. The average Bonchev–Trinajstić information content (AvgIpc) is 2.62. The van der Waals surface area contributed by atoms with Crippen molar-refractivity contribution in [2.75, 3.05) is 5.01 Å². The van der Waals surface area contributed by atoms with Gasteiger partial charge in [0.2, 0.25) is 0 Å². The van der Waals surface area contributed by atoms with Crippen molar-refractivity contribution in [3.8, 4) is 0 Å². The number of amides is 1. The van der Waals surface area contributed by atoms with Crippen LogP contribution in [-0.2, 0) is 4.79 Å². The number of hydrogen-bond donors (Lipinski definition) is 0. The first-order chi connectivity index (χ1) is 8.47. The van der Waals surface area contributed by atoms with Crippen LogP contribution < -0.4 is 5.01 Å². The van der Waals surface area contributed by atoms with Crippen LogP contribution in [0.2, 0.25) is 0 Å². The number of hydrogen-bond acceptors (Lipinski definition) is 2. The van der Waals surface area contributed by atoms with E-state index in [4.69, 9.17) is 0 Å². The highest BCUT2D eigenvalue weighted by Crippen LogP contribution is 2.26. The highest BCUT2D eigenvalue weighted by Gasteiger charge is 2.26. The number of rotatable bonds is 3. The molecule has 3 heteroatoms. The van der Waals surface area contributed by atoms with Crippen LogP contribution in [0.1, 0.15) is 37.8 Å². The molecular weight excluding hydrogens is 224 g/mol. The fraction of sp³-hybridized carbons (Fsp3) is 0.467. The zero-order chi connectivity index (χ0) is 13.3. The fourth-order valence-corrected chi connectivity index (χ4v) is 2.20. The number of hydrazone groups is 1. The maximum atomic E-state index is 12.0. The Morgan fingerprint density at radius 1 is 1.33 bits per heavy atom. The average molecular weight is 244 g/mol.